The average molecular weight is 384 g/mol. The number of rotatable bonds is 7. The zero-order chi connectivity index (χ0) is 20.2. The lowest BCUT2D eigenvalue weighted by Gasteiger charge is -2.19. The first kappa shape index (κ1) is 18.8. The normalized spacial score (nSPS) is 11.9. The Bertz CT molecular complexity index is 1110. The third-order valence-corrected chi connectivity index (χ3v) is 5.24. The van der Waals surface area contributed by atoms with Crippen molar-refractivity contribution >= 4 is 22.4 Å². The average Bonchev–Trinajstić information content (AvgIpc) is 3.22. The molecule has 4 rings (SSSR count). The van der Waals surface area contributed by atoms with Crippen LogP contribution in [-0.4, -0.2) is 17.9 Å². The van der Waals surface area contributed by atoms with E-state index in [-0.39, 0.29) is 5.78 Å². The SMILES string of the molecule is CCc1cccc2c(C(=O)C(Nc3ccc(OC)cc3)c3ccccc3)c[nH]c12. The highest BCUT2D eigenvalue weighted by Gasteiger charge is 2.24. The van der Waals surface area contributed by atoms with Crippen molar-refractivity contribution in [2.75, 3.05) is 12.4 Å². The zero-order valence-electron chi connectivity index (χ0n) is 16.6. The monoisotopic (exact) mass is 384 g/mol. The second-order valence-electron chi connectivity index (χ2n) is 6.98. The van der Waals surface area contributed by atoms with Crippen molar-refractivity contribution in [1.29, 1.82) is 0 Å². The van der Waals surface area contributed by atoms with Gasteiger partial charge in [0.15, 0.2) is 5.78 Å². The predicted octanol–water partition coefficient (Wildman–Crippen LogP) is 5.78. The number of aryl methyl sites for hydroxylation is 1. The number of aromatic amines is 1. The molecule has 29 heavy (non-hydrogen) atoms. The van der Waals surface area contributed by atoms with Gasteiger partial charge in [-0.3, -0.25) is 4.79 Å². The number of para-hydroxylation sites is 1. The van der Waals surface area contributed by atoms with Gasteiger partial charge in [-0.2, -0.15) is 0 Å². The molecule has 0 aliphatic heterocycles. The van der Waals surface area contributed by atoms with Gasteiger partial charge >= 0.3 is 0 Å². The van der Waals surface area contributed by atoms with Gasteiger partial charge in [0, 0.05) is 28.4 Å². The molecule has 0 bridgehead atoms. The Labute approximate surface area is 170 Å². The third kappa shape index (κ3) is 3.74. The van der Waals surface area contributed by atoms with Crippen LogP contribution in [-0.2, 0) is 6.42 Å². The number of hydrogen-bond donors (Lipinski definition) is 2. The van der Waals surface area contributed by atoms with Crippen molar-refractivity contribution in [3.05, 3.63) is 95.7 Å². The molecular weight excluding hydrogens is 360 g/mol. The molecule has 1 unspecified atom stereocenters. The smallest absolute Gasteiger partial charge is 0.191 e. The molecule has 4 aromatic rings. The lowest BCUT2D eigenvalue weighted by Crippen LogP contribution is -2.21. The number of nitrogens with one attached hydrogen (secondary N) is 2. The number of ether oxygens (including phenoxy) is 1. The Kier molecular flexibility index (Phi) is 5.34. The van der Waals surface area contributed by atoms with Gasteiger partial charge in [-0.1, -0.05) is 55.5 Å². The number of carbonyl (C=O) groups excluding carboxylic acids is 1. The van der Waals surface area contributed by atoms with E-state index in [1.165, 1.54) is 5.56 Å². The maximum atomic E-state index is 13.6. The van der Waals surface area contributed by atoms with Crippen LogP contribution in [0.2, 0.25) is 0 Å². The molecule has 0 amide bonds. The maximum absolute atomic E-state index is 13.6. The van der Waals surface area contributed by atoms with E-state index in [1.54, 1.807) is 7.11 Å². The molecule has 1 atom stereocenters. The van der Waals surface area contributed by atoms with E-state index in [0.717, 1.165) is 34.3 Å². The minimum Gasteiger partial charge on any atom is -0.497 e. The molecular formula is C25H24N2O2. The van der Waals surface area contributed by atoms with Crippen molar-refractivity contribution in [2.45, 2.75) is 19.4 Å². The van der Waals surface area contributed by atoms with E-state index in [0.29, 0.717) is 5.56 Å². The fourth-order valence-corrected chi connectivity index (χ4v) is 3.67. The molecule has 1 heterocycles. The van der Waals surface area contributed by atoms with E-state index in [1.807, 2.05) is 72.9 Å². The summed E-state index contributed by atoms with van der Waals surface area (Å²) in [5.41, 5.74) is 4.73. The van der Waals surface area contributed by atoms with Crippen LogP contribution in [0.25, 0.3) is 10.9 Å². The van der Waals surface area contributed by atoms with Gasteiger partial charge in [-0.05, 0) is 41.8 Å². The Morgan fingerprint density at radius 2 is 1.76 bits per heavy atom. The molecule has 0 spiro atoms. The van der Waals surface area contributed by atoms with Gasteiger partial charge in [-0.15, -0.1) is 0 Å². The number of Topliss-reactive ketones (excluding diaryl/α,β-unsaturated/α-hetero) is 1. The summed E-state index contributed by atoms with van der Waals surface area (Å²) >= 11 is 0. The van der Waals surface area contributed by atoms with E-state index in [4.69, 9.17) is 4.74 Å². The molecule has 4 heteroatoms. The fourth-order valence-electron chi connectivity index (χ4n) is 3.67. The quantitative estimate of drug-likeness (QED) is 0.397. The topological polar surface area (TPSA) is 54.1 Å². The molecule has 4 nitrogen and oxygen atoms in total. The Morgan fingerprint density at radius 1 is 1.00 bits per heavy atom. The molecule has 3 aromatic carbocycles. The highest BCUT2D eigenvalue weighted by atomic mass is 16.5. The van der Waals surface area contributed by atoms with Crippen molar-refractivity contribution in [3.8, 4) is 5.75 Å². The Hall–Kier alpha value is -3.53. The minimum absolute atomic E-state index is 0.0338. The summed E-state index contributed by atoms with van der Waals surface area (Å²) in [5, 5.41) is 4.37. The summed E-state index contributed by atoms with van der Waals surface area (Å²) in [7, 11) is 1.64. The van der Waals surface area contributed by atoms with E-state index >= 15 is 0 Å². The lowest BCUT2D eigenvalue weighted by molar-refractivity contribution is 0.0971. The summed E-state index contributed by atoms with van der Waals surface area (Å²) in [6, 6.07) is 23.1. The summed E-state index contributed by atoms with van der Waals surface area (Å²) in [4.78, 5) is 16.9. The molecule has 0 aliphatic rings. The van der Waals surface area contributed by atoms with Crippen molar-refractivity contribution in [2.24, 2.45) is 0 Å². The Morgan fingerprint density at radius 3 is 2.45 bits per heavy atom. The number of benzene rings is 3. The number of methoxy groups -OCH3 is 1. The highest BCUT2D eigenvalue weighted by molar-refractivity contribution is 6.12. The standard InChI is InChI=1S/C25H24N2O2/c1-3-17-10-7-11-21-22(16-26-23(17)21)25(28)24(18-8-5-4-6-9-18)27-19-12-14-20(29-2)15-13-19/h4-16,24,26-27H,3H2,1-2H3. The Balaban J connectivity index is 1.74. The van der Waals surface area contributed by atoms with E-state index in [2.05, 4.69) is 23.3 Å². The van der Waals surface area contributed by atoms with E-state index in [9.17, 15) is 4.79 Å². The summed E-state index contributed by atoms with van der Waals surface area (Å²) in [6.07, 6.45) is 2.75. The second kappa shape index (κ2) is 8.23. The van der Waals surface area contributed by atoms with Crippen LogP contribution in [0.5, 0.6) is 5.75 Å². The van der Waals surface area contributed by atoms with Crippen molar-refractivity contribution in [3.63, 3.8) is 0 Å². The van der Waals surface area contributed by atoms with Gasteiger partial charge in [0.05, 0.1) is 7.11 Å². The molecule has 0 saturated carbocycles. The van der Waals surface area contributed by atoms with Crippen molar-refractivity contribution in [1.82, 2.24) is 4.98 Å². The molecule has 0 radical (unpaired) electrons. The molecule has 0 aliphatic carbocycles. The van der Waals surface area contributed by atoms with Crippen LogP contribution >= 0.6 is 0 Å². The fraction of sp³-hybridized carbons (Fsp3) is 0.160. The summed E-state index contributed by atoms with van der Waals surface area (Å²) < 4.78 is 5.24. The second-order valence-corrected chi connectivity index (χ2v) is 6.98. The molecule has 0 fully saturated rings. The van der Waals surface area contributed by atoms with Gasteiger partial charge < -0.3 is 15.0 Å². The van der Waals surface area contributed by atoms with Crippen LogP contribution in [0.15, 0.2) is 79.0 Å². The first-order valence-corrected chi connectivity index (χ1v) is 9.80. The number of fused-ring (bicyclic) bond motifs is 1. The first-order valence-electron chi connectivity index (χ1n) is 9.80. The van der Waals surface area contributed by atoms with Gasteiger partial charge in [0.2, 0.25) is 0 Å². The highest BCUT2D eigenvalue weighted by Crippen LogP contribution is 2.29. The van der Waals surface area contributed by atoms with Gasteiger partial charge in [-0.25, -0.2) is 0 Å². The number of carbonyl (C=O) groups is 1. The van der Waals surface area contributed by atoms with E-state index < -0.39 is 6.04 Å². The number of hydrogen-bond acceptors (Lipinski definition) is 3. The van der Waals surface area contributed by atoms with Crippen LogP contribution < -0.4 is 10.1 Å². The number of aromatic nitrogens is 1. The predicted molar refractivity (Wildman–Crippen MR) is 118 cm³/mol. The number of ketones is 1. The van der Waals surface area contributed by atoms with Crippen LogP contribution in [0.4, 0.5) is 5.69 Å². The molecule has 0 saturated heterocycles. The zero-order valence-corrected chi connectivity index (χ0v) is 16.6. The minimum atomic E-state index is -0.492. The molecule has 146 valence electrons. The molecule has 1 aromatic heterocycles. The number of anilines is 1. The van der Waals surface area contributed by atoms with Crippen LogP contribution in [0.3, 0.4) is 0 Å². The summed E-state index contributed by atoms with van der Waals surface area (Å²) in [5.74, 6) is 0.813. The molecule has 2 N–H and O–H groups in total. The summed E-state index contributed by atoms with van der Waals surface area (Å²) in [6.45, 7) is 2.12. The largest absolute Gasteiger partial charge is 0.497 e. The van der Waals surface area contributed by atoms with Gasteiger partial charge in [0.25, 0.3) is 0 Å². The first-order chi connectivity index (χ1) is 14.2. The third-order valence-electron chi connectivity index (χ3n) is 5.24. The number of H-pyrrole nitrogens is 1. The maximum Gasteiger partial charge on any atom is 0.191 e. The van der Waals surface area contributed by atoms with Crippen LogP contribution in [0.1, 0.15) is 34.5 Å². The lowest BCUT2D eigenvalue weighted by atomic mass is 9.96. The van der Waals surface area contributed by atoms with Gasteiger partial charge in [0.1, 0.15) is 11.8 Å². The van der Waals surface area contributed by atoms with Crippen molar-refractivity contribution < 1.29 is 9.53 Å². The van der Waals surface area contributed by atoms with Crippen LogP contribution in [0, 0.1) is 0 Å².